The highest BCUT2D eigenvalue weighted by Crippen LogP contribution is 2.24. The van der Waals surface area contributed by atoms with E-state index in [1.807, 2.05) is 0 Å². The first-order valence-corrected chi connectivity index (χ1v) is 5.97. The molecule has 5 heteroatoms. The monoisotopic (exact) mass is 411 g/mol. The molecule has 0 aromatic heterocycles. The number of nitrogens with zero attached hydrogens (tertiary/aromatic N) is 1. The van der Waals surface area contributed by atoms with Gasteiger partial charge in [-0.15, -0.1) is 0 Å². The maximum absolute atomic E-state index is 5.55. The van der Waals surface area contributed by atoms with Gasteiger partial charge in [0.25, 0.3) is 0 Å². The van der Waals surface area contributed by atoms with E-state index >= 15 is 0 Å². The summed E-state index contributed by atoms with van der Waals surface area (Å²) in [6, 6.07) is 0.717. The second-order valence-electron chi connectivity index (χ2n) is 3.59. The molecule has 0 bridgehead atoms. The molecule has 0 amide bonds. The fourth-order valence-corrected chi connectivity index (χ4v) is 3.12. The van der Waals surface area contributed by atoms with Gasteiger partial charge in [0.2, 0.25) is 0 Å². The van der Waals surface area contributed by atoms with Crippen LogP contribution < -0.4 is 24.0 Å². The Hall–Kier alpha value is 1.34. The van der Waals surface area contributed by atoms with Crippen molar-refractivity contribution < 1.29 is 37.9 Å². The lowest BCUT2D eigenvalue weighted by molar-refractivity contribution is -0.950. The minimum Gasteiger partial charge on any atom is -1.00 e. The van der Waals surface area contributed by atoms with E-state index in [-0.39, 0.29) is 24.0 Å². The molecule has 1 unspecified atom stereocenters. The van der Waals surface area contributed by atoms with Crippen LogP contribution in [0.4, 0.5) is 0 Å². The fourth-order valence-electron chi connectivity index (χ4n) is 2.03. The number of hydrogen-bond donors (Lipinski definition) is 0. The number of quaternary nitrogens is 1. The average Bonchev–Trinajstić information content (AvgIpc) is 2.49. The molecule has 2 heterocycles. The van der Waals surface area contributed by atoms with Crippen LogP contribution >= 0.6 is 22.6 Å². The summed E-state index contributed by atoms with van der Waals surface area (Å²) in [7, 11) is 0. The molecule has 0 aromatic rings. The highest BCUT2D eigenvalue weighted by molar-refractivity contribution is 14.1. The predicted molar refractivity (Wildman–Crippen MR) is 54.3 cm³/mol. The molecule has 78 valence electrons. The third-order valence-corrected chi connectivity index (χ3v) is 3.99. The minimum absolute atomic E-state index is 0. The van der Waals surface area contributed by atoms with Crippen molar-refractivity contribution in [2.45, 2.75) is 6.04 Å². The second-order valence-corrected chi connectivity index (χ2v) is 4.47. The number of ether oxygens (including phenoxy) is 2. The van der Waals surface area contributed by atoms with E-state index in [1.54, 1.807) is 0 Å². The van der Waals surface area contributed by atoms with Gasteiger partial charge in [0.05, 0.1) is 17.6 Å². The molecule has 1 spiro atoms. The number of halogens is 2. The Morgan fingerprint density at radius 1 is 1.23 bits per heavy atom. The molecule has 2 rings (SSSR count). The Kier molecular flexibility index (Phi) is 5.18. The first kappa shape index (κ1) is 12.4. The average molecular weight is 411 g/mol. The predicted octanol–water partition coefficient (Wildman–Crippen LogP) is -2.37. The van der Waals surface area contributed by atoms with Crippen LogP contribution in [0.1, 0.15) is 0 Å². The molecule has 0 aliphatic carbocycles. The van der Waals surface area contributed by atoms with Crippen LogP contribution in [-0.2, 0) is 9.47 Å². The lowest BCUT2D eigenvalue weighted by atomic mass is 10.2. The zero-order chi connectivity index (χ0) is 8.44. The Balaban J connectivity index is 0.000000845. The topological polar surface area (TPSA) is 18.5 Å². The van der Waals surface area contributed by atoms with Gasteiger partial charge < -0.3 is 33.5 Å². The number of morpholine rings is 1. The molecule has 2 aliphatic rings. The Bertz CT molecular complexity index is 162. The second kappa shape index (κ2) is 5.43. The zero-order valence-electron chi connectivity index (χ0n) is 7.55. The van der Waals surface area contributed by atoms with Crippen LogP contribution in [0.2, 0.25) is 0 Å². The van der Waals surface area contributed by atoms with Crippen molar-refractivity contribution >= 4 is 22.6 Å². The molecule has 2 fully saturated rings. The standard InChI is InChI=1S/C8H15INO2.HI/c9-5-8-6-12-7-10(8)1-3-11-4-2-10;/h8H,1-7H2;1H/q+1;/p-1. The fraction of sp³-hybridized carbons (Fsp3) is 1.00. The number of rotatable bonds is 1. The van der Waals surface area contributed by atoms with Gasteiger partial charge in [-0.3, -0.25) is 4.48 Å². The third kappa shape index (κ3) is 2.47. The molecular formula is C8H15I2NO2. The number of alkyl halides is 1. The van der Waals surface area contributed by atoms with Crippen LogP contribution in [0, 0.1) is 0 Å². The van der Waals surface area contributed by atoms with Gasteiger partial charge in [-0.05, 0) is 0 Å². The maximum atomic E-state index is 5.55. The summed E-state index contributed by atoms with van der Waals surface area (Å²) in [5.74, 6) is 0. The van der Waals surface area contributed by atoms with Crippen molar-refractivity contribution in [1.82, 2.24) is 0 Å². The van der Waals surface area contributed by atoms with Gasteiger partial charge in [-0.1, -0.05) is 22.6 Å². The van der Waals surface area contributed by atoms with Gasteiger partial charge >= 0.3 is 0 Å². The van der Waals surface area contributed by atoms with Crippen molar-refractivity contribution in [3.8, 4) is 0 Å². The smallest absolute Gasteiger partial charge is 0.183 e. The Labute approximate surface area is 110 Å². The lowest BCUT2D eigenvalue weighted by Crippen LogP contribution is -3.00. The molecule has 0 saturated carbocycles. The zero-order valence-corrected chi connectivity index (χ0v) is 11.9. The highest BCUT2D eigenvalue weighted by Gasteiger charge is 2.43. The van der Waals surface area contributed by atoms with Crippen molar-refractivity contribution in [2.75, 3.05) is 44.1 Å². The molecule has 0 radical (unpaired) electrons. The van der Waals surface area contributed by atoms with E-state index in [0.29, 0.717) is 0 Å². The molecule has 1 atom stereocenters. The quantitative estimate of drug-likeness (QED) is 0.273. The van der Waals surface area contributed by atoms with Crippen LogP contribution in [-0.4, -0.2) is 54.6 Å². The summed E-state index contributed by atoms with van der Waals surface area (Å²) < 4.78 is 13.3. The molecule has 0 aromatic carbocycles. The van der Waals surface area contributed by atoms with Gasteiger partial charge in [0.15, 0.2) is 6.73 Å². The van der Waals surface area contributed by atoms with E-state index in [0.717, 1.165) is 50.2 Å². The van der Waals surface area contributed by atoms with Crippen LogP contribution in [0.25, 0.3) is 0 Å². The summed E-state index contributed by atoms with van der Waals surface area (Å²) in [5.41, 5.74) is 0. The minimum atomic E-state index is 0. The van der Waals surface area contributed by atoms with Gasteiger partial charge in [-0.2, -0.15) is 0 Å². The molecule has 13 heavy (non-hydrogen) atoms. The van der Waals surface area contributed by atoms with Gasteiger partial charge in [0, 0.05) is 0 Å². The maximum Gasteiger partial charge on any atom is 0.183 e. The molecule has 2 aliphatic heterocycles. The van der Waals surface area contributed by atoms with Crippen molar-refractivity contribution in [2.24, 2.45) is 0 Å². The molecule has 0 N–H and O–H groups in total. The SMILES string of the molecule is ICC1COC[N+]12CCOCC2.[I-]. The molecule has 2 saturated heterocycles. The lowest BCUT2D eigenvalue weighted by Gasteiger charge is -2.40. The summed E-state index contributed by atoms with van der Waals surface area (Å²) in [6.45, 7) is 5.98. The largest absolute Gasteiger partial charge is 1.00 e. The van der Waals surface area contributed by atoms with Crippen LogP contribution in [0.3, 0.4) is 0 Å². The first-order valence-electron chi connectivity index (χ1n) is 4.45. The third-order valence-electron chi connectivity index (χ3n) is 2.97. The molecule has 3 nitrogen and oxygen atoms in total. The van der Waals surface area contributed by atoms with Crippen LogP contribution in [0.5, 0.6) is 0 Å². The summed E-state index contributed by atoms with van der Waals surface area (Å²) in [5, 5.41) is 0. The van der Waals surface area contributed by atoms with E-state index in [9.17, 15) is 0 Å². The van der Waals surface area contributed by atoms with E-state index < -0.39 is 0 Å². The molecular weight excluding hydrogens is 396 g/mol. The Morgan fingerprint density at radius 2 is 1.92 bits per heavy atom. The van der Waals surface area contributed by atoms with Crippen molar-refractivity contribution in [3.05, 3.63) is 0 Å². The van der Waals surface area contributed by atoms with E-state index in [1.165, 1.54) is 4.43 Å². The Morgan fingerprint density at radius 3 is 2.54 bits per heavy atom. The summed E-state index contributed by atoms with van der Waals surface area (Å²) in [6.07, 6.45) is 0. The van der Waals surface area contributed by atoms with Crippen LogP contribution in [0.15, 0.2) is 0 Å². The van der Waals surface area contributed by atoms with E-state index in [4.69, 9.17) is 9.47 Å². The van der Waals surface area contributed by atoms with Gasteiger partial charge in [0.1, 0.15) is 25.7 Å². The normalized spacial score (nSPS) is 31.6. The van der Waals surface area contributed by atoms with Gasteiger partial charge in [-0.25, -0.2) is 0 Å². The summed E-state index contributed by atoms with van der Waals surface area (Å²) >= 11 is 2.47. The van der Waals surface area contributed by atoms with Crippen molar-refractivity contribution in [3.63, 3.8) is 0 Å². The highest BCUT2D eigenvalue weighted by atomic mass is 127. The van der Waals surface area contributed by atoms with E-state index in [2.05, 4.69) is 22.6 Å². The summed E-state index contributed by atoms with van der Waals surface area (Å²) in [4.78, 5) is 0. The van der Waals surface area contributed by atoms with Crippen molar-refractivity contribution in [1.29, 1.82) is 0 Å². The first-order chi connectivity index (χ1) is 5.87. The number of hydrogen-bond acceptors (Lipinski definition) is 2.